The molecule has 3 aromatic rings. The summed E-state index contributed by atoms with van der Waals surface area (Å²) in [6.45, 7) is 9.45. The molecule has 0 saturated carbocycles. The minimum Gasteiger partial charge on any atom is -0.355 e. The molecule has 0 amide bonds. The monoisotopic (exact) mass is 309 g/mol. The summed E-state index contributed by atoms with van der Waals surface area (Å²) in [6, 6.07) is 9.19. The summed E-state index contributed by atoms with van der Waals surface area (Å²) >= 11 is 6.23. The molecular weight excluding hydrogens is 296 g/mol. The van der Waals surface area contributed by atoms with Gasteiger partial charge in [-0.3, -0.25) is 0 Å². The van der Waals surface area contributed by atoms with Crippen molar-refractivity contribution in [1.82, 2.24) is 15.0 Å². The summed E-state index contributed by atoms with van der Waals surface area (Å²) in [5.41, 5.74) is 2.33. The highest BCUT2D eigenvalue weighted by molar-refractivity contribution is 6.32. The molecule has 1 aliphatic heterocycles. The van der Waals surface area contributed by atoms with Crippen molar-refractivity contribution in [3.05, 3.63) is 59.9 Å². The van der Waals surface area contributed by atoms with Crippen LogP contribution in [0.25, 0.3) is 11.0 Å². The van der Waals surface area contributed by atoms with E-state index in [4.69, 9.17) is 18.5 Å². The fraction of sp³-hybridized carbons (Fsp3) is 0.235. The van der Waals surface area contributed by atoms with Gasteiger partial charge in [-0.05, 0) is 36.2 Å². The van der Waals surface area contributed by atoms with Crippen molar-refractivity contribution in [3.63, 3.8) is 0 Å². The van der Waals surface area contributed by atoms with Crippen LogP contribution in [-0.2, 0) is 0 Å². The zero-order valence-corrected chi connectivity index (χ0v) is 12.6. The van der Waals surface area contributed by atoms with Gasteiger partial charge in [-0.15, -0.1) is 0 Å². The van der Waals surface area contributed by atoms with Gasteiger partial charge in [0.15, 0.2) is 0 Å². The Labute approximate surface area is 134 Å². The number of nitrogens with zero attached hydrogens (tertiary/aromatic N) is 3. The fourth-order valence-corrected chi connectivity index (χ4v) is 3.25. The van der Waals surface area contributed by atoms with Gasteiger partial charge in [0.2, 0.25) is 0 Å². The first-order chi connectivity index (χ1) is 10.7. The number of hydrogen-bond donors (Lipinski definition) is 1. The topological polar surface area (TPSA) is 44.8 Å². The van der Waals surface area contributed by atoms with Crippen LogP contribution in [0.2, 0.25) is 5.02 Å². The van der Waals surface area contributed by atoms with Crippen molar-refractivity contribution in [1.29, 1.82) is 0 Å². The highest BCUT2D eigenvalue weighted by Crippen LogP contribution is 2.32. The van der Waals surface area contributed by atoms with E-state index in [1.807, 2.05) is 18.2 Å². The summed E-state index contributed by atoms with van der Waals surface area (Å²) in [7, 11) is 0. The second kappa shape index (κ2) is 5.29. The Balaban J connectivity index is 1.60. The van der Waals surface area contributed by atoms with Crippen molar-refractivity contribution >= 4 is 28.5 Å². The van der Waals surface area contributed by atoms with Crippen LogP contribution in [0, 0.1) is 6.92 Å². The Kier molecular flexibility index (Phi) is 3.26. The van der Waals surface area contributed by atoms with Crippen LogP contribution in [0.15, 0.2) is 36.5 Å². The lowest BCUT2D eigenvalue weighted by molar-refractivity contribution is 0.725. The molecule has 0 aliphatic carbocycles. The summed E-state index contributed by atoms with van der Waals surface area (Å²) in [5, 5.41) is 0.687. The van der Waals surface area contributed by atoms with Crippen LogP contribution < -0.4 is 4.90 Å². The predicted octanol–water partition coefficient (Wildman–Crippen LogP) is 3.54. The number of halogens is 1. The highest BCUT2D eigenvalue weighted by atomic mass is 35.5. The first-order valence-corrected chi connectivity index (χ1v) is 7.65. The molecule has 22 heavy (non-hydrogen) atoms. The molecule has 0 spiro atoms. The lowest BCUT2D eigenvalue weighted by Gasteiger charge is -2.17. The van der Waals surface area contributed by atoms with Gasteiger partial charge in [-0.1, -0.05) is 17.7 Å². The Bertz CT molecular complexity index is 826. The van der Waals surface area contributed by atoms with Gasteiger partial charge in [0.25, 0.3) is 0 Å². The van der Waals surface area contributed by atoms with Crippen molar-refractivity contribution in [3.8, 4) is 0 Å². The van der Waals surface area contributed by atoms with Crippen molar-refractivity contribution in [2.45, 2.75) is 12.3 Å². The Hall–Kier alpha value is -2.07. The van der Waals surface area contributed by atoms with Crippen molar-refractivity contribution < 1.29 is 0 Å². The molecule has 2 aromatic heterocycles. The van der Waals surface area contributed by atoms with E-state index in [0.29, 0.717) is 16.5 Å². The molecule has 1 saturated heterocycles. The van der Waals surface area contributed by atoms with E-state index in [1.54, 1.807) is 18.3 Å². The second-order valence-electron chi connectivity index (χ2n) is 5.59. The molecule has 3 radical (unpaired) electrons. The first kappa shape index (κ1) is 13.6. The van der Waals surface area contributed by atoms with Crippen molar-refractivity contribution in [2.75, 3.05) is 18.0 Å². The number of aromatic amines is 1. The molecule has 1 N–H and O–H groups in total. The van der Waals surface area contributed by atoms with E-state index in [2.05, 4.69) is 19.9 Å². The maximum absolute atomic E-state index is 7.68. The van der Waals surface area contributed by atoms with E-state index in [0.717, 1.165) is 42.2 Å². The van der Waals surface area contributed by atoms with Gasteiger partial charge in [-0.25, -0.2) is 9.97 Å². The Morgan fingerprint density at radius 2 is 2.23 bits per heavy atom. The van der Waals surface area contributed by atoms with E-state index in [1.165, 1.54) is 0 Å². The molecule has 1 aliphatic rings. The van der Waals surface area contributed by atoms with Gasteiger partial charge in [0.05, 0.1) is 16.1 Å². The standard InChI is InChI=1S/C17H14ClN4/c1-11-4-5-14-15(9-11)21-16(20-14)12-6-8-22(10-12)17-13(18)3-2-7-19-17/h2-5,7,9,12H,6,8,10H2,(H,20,21). The average Bonchev–Trinajstić information content (AvgIpc) is 3.13. The van der Waals surface area contributed by atoms with Gasteiger partial charge in [-0.2, -0.15) is 0 Å². The number of H-pyrrole nitrogens is 1. The smallest absolute Gasteiger partial charge is 0.147 e. The second-order valence-corrected chi connectivity index (χ2v) is 6.00. The first-order valence-electron chi connectivity index (χ1n) is 7.27. The fourth-order valence-electron chi connectivity index (χ4n) is 3.00. The summed E-state index contributed by atoms with van der Waals surface area (Å²) in [5.74, 6) is 2.16. The van der Waals surface area contributed by atoms with Gasteiger partial charge in [0, 0.05) is 32.1 Å². The molecular formula is C17H14ClN4. The SMILES string of the molecule is [C]c1ccc2[nH]c(C3CCN(c4ncccc4Cl)C3)nc2c1. The van der Waals surface area contributed by atoms with Crippen LogP contribution in [0.1, 0.15) is 23.7 Å². The number of rotatable bonds is 2. The number of benzene rings is 1. The van der Waals surface area contributed by atoms with E-state index >= 15 is 0 Å². The predicted molar refractivity (Wildman–Crippen MR) is 87.3 cm³/mol. The summed E-state index contributed by atoms with van der Waals surface area (Å²) in [6.07, 6.45) is 2.78. The van der Waals surface area contributed by atoms with E-state index in [-0.39, 0.29) is 0 Å². The molecule has 4 nitrogen and oxygen atoms in total. The van der Waals surface area contributed by atoms with E-state index < -0.39 is 0 Å². The minimum atomic E-state index is 0.333. The minimum absolute atomic E-state index is 0.333. The van der Waals surface area contributed by atoms with Crippen LogP contribution in [-0.4, -0.2) is 28.0 Å². The number of imidazole rings is 1. The number of hydrogen-bond acceptors (Lipinski definition) is 3. The lowest BCUT2D eigenvalue weighted by atomic mass is 10.1. The number of aromatic nitrogens is 3. The van der Waals surface area contributed by atoms with E-state index in [9.17, 15) is 0 Å². The van der Waals surface area contributed by atoms with Crippen LogP contribution >= 0.6 is 11.6 Å². The maximum Gasteiger partial charge on any atom is 0.147 e. The number of nitrogens with one attached hydrogen (secondary N) is 1. The Morgan fingerprint density at radius 1 is 1.32 bits per heavy atom. The molecule has 3 heterocycles. The summed E-state index contributed by atoms with van der Waals surface area (Å²) in [4.78, 5) is 14.6. The third-order valence-electron chi connectivity index (χ3n) is 4.11. The molecule has 0 bridgehead atoms. The molecule has 5 heteroatoms. The van der Waals surface area contributed by atoms with Gasteiger partial charge in [0.1, 0.15) is 11.6 Å². The molecule has 1 aromatic carbocycles. The molecule has 4 rings (SSSR count). The quantitative estimate of drug-likeness (QED) is 0.787. The third kappa shape index (κ3) is 2.33. The molecule has 1 unspecified atom stereocenters. The van der Waals surface area contributed by atoms with Gasteiger partial charge < -0.3 is 9.88 Å². The molecule has 1 atom stereocenters. The third-order valence-corrected chi connectivity index (χ3v) is 4.41. The maximum atomic E-state index is 7.68. The molecule has 1 fully saturated rings. The number of anilines is 1. The van der Waals surface area contributed by atoms with Crippen LogP contribution in [0.3, 0.4) is 0 Å². The van der Waals surface area contributed by atoms with Gasteiger partial charge >= 0.3 is 0 Å². The van der Waals surface area contributed by atoms with Crippen molar-refractivity contribution in [2.24, 2.45) is 0 Å². The Morgan fingerprint density at radius 3 is 3.09 bits per heavy atom. The normalized spacial score (nSPS) is 18.3. The lowest BCUT2D eigenvalue weighted by Crippen LogP contribution is -2.20. The number of pyridine rings is 1. The van der Waals surface area contributed by atoms with Crippen LogP contribution in [0.5, 0.6) is 0 Å². The summed E-state index contributed by atoms with van der Waals surface area (Å²) < 4.78 is 0. The molecule has 109 valence electrons. The zero-order chi connectivity index (χ0) is 15.1. The zero-order valence-electron chi connectivity index (χ0n) is 11.9. The number of fused-ring (bicyclic) bond motifs is 1. The highest BCUT2D eigenvalue weighted by Gasteiger charge is 2.28. The van der Waals surface area contributed by atoms with Crippen LogP contribution in [0.4, 0.5) is 5.82 Å². The average molecular weight is 310 g/mol. The largest absolute Gasteiger partial charge is 0.355 e.